The molecule has 2 N–H and O–H groups in total. The Morgan fingerprint density at radius 1 is 0.833 bits per heavy atom. The van der Waals surface area contributed by atoms with Crippen LogP contribution in [0.25, 0.3) is 0 Å². The molecule has 2 aliphatic rings. The Labute approximate surface area is 107 Å². The van der Waals surface area contributed by atoms with E-state index in [1.807, 2.05) is 0 Å². The zero-order chi connectivity index (χ0) is 13.6. The lowest BCUT2D eigenvalue weighted by molar-refractivity contribution is -0.183. The van der Waals surface area contributed by atoms with Crippen LogP contribution in [0.15, 0.2) is 0 Å². The van der Waals surface area contributed by atoms with Crippen molar-refractivity contribution >= 4 is 0 Å². The van der Waals surface area contributed by atoms with Gasteiger partial charge in [-0.15, -0.1) is 0 Å². The maximum atomic E-state index is 10.1. The maximum Gasteiger partial charge on any atom is 0.163 e. The fraction of sp³-hybridized carbons (Fsp3) is 1.00. The van der Waals surface area contributed by atoms with E-state index in [0.717, 1.165) is 0 Å². The molecule has 0 aliphatic carbocycles. The van der Waals surface area contributed by atoms with Crippen LogP contribution in [-0.2, 0) is 18.9 Å². The molecule has 0 radical (unpaired) electrons. The second-order valence-corrected chi connectivity index (χ2v) is 5.72. The minimum atomic E-state index is -1.06. The summed E-state index contributed by atoms with van der Waals surface area (Å²) < 4.78 is 21.8. The molecule has 0 aromatic carbocycles. The molecule has 2 heterocycles. The van der Waals surface area contributed by atoms with Crippen molar-refractivity contribution in [2.45, 2.75) is 63.7 Å². The highest BCUT2D eigenvalue weighted by Crippen LogP contribution is 2.29. The number of aliphatic hydroxyl groups excluding tert-OH is 2. The monoisotopic (exact) mass is 262 g/mol. The van der Waals surface area contributed by atoms with E-state index in [2.05, 4.69) is 0 Å². The predicted molar refractivity (Wildman–Crippen MR) is 61.8 cm³/mol. The molecular weight excluding hydrogens is 240 g/mol. The molecule has 4 atom stereocenters. The lowest BCUT2D eigenvalue weighted by Gasteiger charge is -2.27. The minimum Gasteiger partial charge on any atom is -0.387 e. The molecule has 0 aromatic rings. The Balaban J connectivity index is 1.92. The fourth-order valence-corrected chi connectivity index (χ4v) is 2.21. The summed E-state index contributed by atoms with van der Waals surface area (Å²) in [7, 11) is 0. The van der Waals surface area contributed by atoms with Crippen molar-refractivity contribution in [3.63, 3.8) is 0 Å². The van der Waals surface area contributed by atoms with Crippen molar-refractivity contribution in [2.24, 2.45) is 0 Å². The lowest BCUT2D eigenvalue weighted by atomic mass is 10.0. The van der Waals surface area contributed by atoms with Gasteiger partial charge >= 0.3 is 0 Å². The van der Waals surface area contributed by atoms with E-state index in [9.17, 15) is 10.2 Å². The molecular formula is C12H22O6. The summed E-state index contributed by atoms with van der Waals surface area (Å²) in [5.41, 5.74) is 0. The van der Waals surface area contributed by atoms with Gasteiger partial charge < -0.3 is 29.2 Å². The Morgan fingerprint density at radius 3 is 1.39 bits per heavy atom. The minimum absolute atomic E-state index is 0.252. The van der Waals surface area contributed by atoms with Crippen molar-refractivity contribution < 1.29 is 29.2 Å². The second kappa shape index (κ2) is 4.70. The van der Waals surface area contributed by atoms with E-state index in [1.165, 1.54) is 0 Å². The number of hydrogen-bond acceptors (Lipinski definition) is 6. The zero-order valence-corrected chi connectivity index (χ0v) is 11.3. The first-order valence-electron chi connectivity index (χ1n) is 6.20. The van der Waals surface area contributed by atoms with Gasteiger partial charge in [0.05, 0.1) is 13.2 Å². The van der Waals surface area contributed by atoms with Gasteiger partial charge in [-0.2, -0.15) is 0 Å². The second-order valence-electron chi connectivity index (χ2n) is 5.72. The highest BCUT2D eigenvalue weighted by atomic mass is 16.8. The topological polar surface area (TPSA) is 77.4 Å². The molecule has 0 saturated carbocycles. The molecule has 106 valence electrons. The molecule has 18 heavy (non-hydrogen) atoms. The Morgan fingerprint density at radius 2 is 1.17 bits per heavy atom. The first-order chi connectivity index (χ1) is 8.20. The number of hydrogen-bond donors (Lipinski definition) is 2. The SMILES string of the molecule is CC1(C)OC[C@H](C(O)C(O)[C@H]2COC(C)(C)O2)O1. The molecule has 0 aromatic heterocycles. The summed E-state index contributed by atoms with van der Waals surface area (Å²) in [5.74, 6) is -1.45. The number of ether oxygens (including phenoxy) is 4. The summed E-state index contributed by atoms with van der Waals surface area (Å²) in [6, 6.07) is 0. The number of aliphatic hydroxyl groups is 2. The third-order valence-electron chi connectivity index (χ3n) is 3.17. The number of rotatable bonds is 3. The van der Waals surface area contributed by atoms with E-state index in [0.29, 0.717) is 0 Å². The van der Waals surface area contributed by atoms with Crippen LogP contribution in [-0.4, -0.2) is 59.4 Å². The largest absolute Gasteiger partial charge is 0.387 e. The lowest BCUT2D eigenvalue weighted by Crippen LogP contribution is -2.47. The Hall–Kier alpha value is -0.240. The van der Waals surface area contributed by atoms with Gasteiger partial charge in [-0.1, -0.05) is 0 Å². The molecule has 0 bridgehead atoms. The van der Waals surface area contributed by atoms with E-state index < -0.39 is 36.0 Å². The first-order valence-corrected chi connectivity index (χ1v) is 6.20. The molecule has 2 fully saturated rings. The molecule has 2 aliphatic heterocycles. The van der Waals surface area contributed by atoms with Gasteiger partial charge in [-0.3, -0.25) is 0 Å². The van der Waals surface area contributed by atoms with Crippen molar-refractivity contribution in [1.29, 1.82) is 0 Å². The fourth-order valence-electron chi connectivity index (χ4n) is 2.21. The van der Waals surface area contributed by atoms with Crippen LogP contribution < -0.4 is 0 Å². The standard InChI is InChI=1S/C12H22O6/c1-11(2)15-5-7(17-11)9(13)10(14)8-6-16-12(3,4)18-8/h7-10,13-14H,5-6H2,1-4H3/t7-,8-,9?,10?/m1/s1. The summed E-state index contributed by atoms with van der Waals surface area (Å²) in [6.45, 7) is 7.58. The van der Waals surface area contributed by atoms with Crippen molar-refractivity contribution in [1.82, 2.24) is 0 Å². The van der Waals surface area contributed by atoms with Gasteiger partial charge in [0.2, 0.25) is 0 Å². The van der Waals surface area contributed by atoms with Crippen LogP contribution in [0.3, 0.4) is 0 Å². The first kappa shape index (κ1) is 14.2. The van der Waals surface area contributed by atoms with Gasteiger partial charge in [0.25, 0.3) is 0 Å². The zero-order valence-electron chi connectivity index (χ0n) is 11.3. The van der Waals surface area contributed by atoms with Crippen LogP contribution in [0.1, 0.15) is 27.7 Å². The van der Waals surface area contributed by atoms with Crippen LogP contribution >= 0.6 is 0 Å². The average molecular weight is 262 g/mol. The van der Waals surface area contributed by atoms with Gasteiger partial charge in [0.1, 0.15) is 24.4 Å². The molecule has 2 saturated heterocycles. The molecule has 2 unspecified atom stereocenters. The van der Waals surface area contributed by atoms with Crippen LogP contribution in [0, 0.1) is 0 Å². The van der Waals surface area contributed by atoms with E-state index in [1.54, 1.807) is 27.7 Å². The Kier molecular flexibility index (Phi) is 3.70. The quantitative estimate of drug-likeness (QED) is 0.746. The van der Waals surface area contributed by atoms with Gasteiger partial charge in [0.15, 0.2) is 11.6 Å². The van der Waals surface area contributed by atoms with Crippen LogP contribution in [0.2, 0.25) is 0 Å². The summed E-state index contributed by atoms with van der Waals surface area (Å²) in [4.78, 5) is 0. The average Bonchev–Trinajstić information content (AvgIpc) is 2.79. The Bertz CT molecular complexity index is 273. The van der Waals surface area contributed by atoms with E-state index in [4.69, 9.17) is 18.9 Å². The highest BCUT2D eigenvalue weighted by molar-refractivity contribution is 4.88. The molecule has 6 heteroatoms. The van der Waals surface area contributed by atoms with Crippen LogP contribution in [0.4, 0.5) is 0 Å². The predicted octanol–water partition coefficient (Wildman–Crippen LogP) is 0.0112. The summed E-state index contributed by atoms with van der Waals surface area (Å²) >= 11 is 0. The molecule has 2 rings (SSSR count). The smallest absolute Gasteiger partial charge is 0.163 e. The summed E-state index contributed by atoms with van der Waals surface area (Å²) in [6.07, 6.45) is -3.23. The van der Waals surface area contributed by atoms with Crippen molar-refractivity contribution in [2.75, 3.05) is 13.2 Å². The van der Waals surface area contributed by atoms with Crippen LogP contribution in [0.5, 0.6) is 0 Å². The van der Waals surface area contributed by atoms with Crippen molar-refractivity contribution in [3.05, 3.63) is 0 Å². The molecule has 6 nitrogen and oxygen atoms in total. The summed E-state index contributed by atoms with van der Waals surface area (Å²) in [5, 5.41) is 20.2. The van der Waals surface area contributed by atoms with E-state index in [-0.39, 0.29) is 13.2 Å². The van der Waals surface area contributed by atoms with Gasteiger partial charge in [0, 0.05) is 0 Å². The van der Waals surface area contributed by atoms with Crippen molar-refractivity contribution in [3.8, 4) is 0 Å². The molecule has 0 amide bonds. The van der Waals surface area contributed by atoms with Gasteiger partial charge in [-0.05, 0) is 27.7 Å². The van der Waals surface area contributed by atoms with Gasteiger partial charge in [-0.25, -0.2) is 0 Å². The third kappa shape index (κ3) is 3.01. The van der Waals surface area contributed by atoms with E-state index >= 15 is 0 Å². The normalized spacial score (nSPS) is 37.7. The molecule has 0 spiro atoms. The highest BCUT2D eigenvalue weighted by Gasteiger charge is 2.45. The third-order valence-corrected chi connectivity index (χ3v) is 3.17. The maximum absolute atomic E-state index is 10.1.